The number of halogens is 1. The van der Waals surface area contributed by atoms with Crippen molar-refractivity contribution in [3.05, 3.63) is 64.7 Å². The predicted molar refractivity (Wildman–Crippen MR) is 87.9 cm³/mol. The number of carbonyl (C=O) groups excluding carboxylic acids is 1. The molecule has 1 aliphatic carbocycles. The van der Waals surface area contributed by atoms with Gasteiger partial charge in [-0.3, -0.25) is 4.79 Å². The number of nitrogens with one attached hydrogen (secondary N) is 1. The number of amides is 1. The highest BCUT2D eigenvalue weighted by molar-refractivity contribution is 9.09. The van der Waals surface area contributed by atoms with Crippen LogP contribution in [0, 0.1) is 0 Å². The Kier molecular flexibility index (Phi) is 3.11. The van der Waals surface area contributed by atoms with Crippen LogP contribution >= 0.6 is 15.9 Å². The maximum absolute atomic E-state index is 11.4. The van der Waals surface area contributed by atoms with Crippen LogP contribution in [-0.4, -0.2) is 5.91 Å². The Balaban J connectivity index is 1.61. The number of anilines is 1. The van der Waals surface area contributed by atoms with E-state index in [1.807, 2.05) is 6.07 Å². The van der Waals surface area contributed by atoms with Gasteiger partial charge in [-0.05, 0) is 41.2 Å². The van der Waals surface area contributed by atoms with E-state index in [2.05, 4.69) is 57.6 Å². The van der Waals surface area contributed by atoms with Gasteiger partial charge in [0.2, 0.25) is 5.91 Å². The minimum atomic E-state index is 0.124. The average molecular weight is 342 g/mol. The van der Waals surface area contributed by atoms with Crippen LogP contribution in [0.5, 0.6) is 0 Å². The highest BCUT2D eigenvalue weighted by Crippen LogP contribution is 2.48. The summed E-state index contributed by atoms with van der Waals surface area (Å²) in [6.45, 7) is 0. The minimum absolute atomic E-state index is 0.124. The van der Waals surface area contributed by atoms with Gasteiger partial charge < -0.3 is 5.32 Å². The predicted octanol–water partition coefficient (Wildman–Crippen LogP) is 4.35. The van der Waals surface area contributed by atoms with E-state index < -0.39 is 0 Å². The molecule has 0 saturated heterocycles. The summed E-state index contributed by atoms with van der Waals surface area (Å²) in [5, 5.41) is 2.94. The first-order valence-corrected chi connectivity index (χ1v) is 8.28. The van der Waals surface area contributed by atoms with Crippen molar-refractivity contribution in [2.75, 3.05) is 5.32 Å². The van der Waals surface area contributed by atoms with Crippen molar-refractivity contribution >= 4 is 27.5 Å². The van der Waals surface area contributed by atoms with Crippen LogP contribution in [-0.2, 0) is 17.6 Å². The summed E-state index contributed by atoms with van der Waals surface area (Å²) in [5.41, 5.74) is 6.47. The van der Waals surface area contributed by atoms with Crippen molar-refractivity contribution in [1.29, 1.82) is 0 Å². The van der Waals surface area contributed by atoms with E-state index >= 15 is 0 Å². The van der Waals surface area contributed by atoms with Gasteiger partial charge in [0.05, 0.1) is 0 Å². The third kappa shape index (κ3) is 2.20. The lowest BCUT2D eigenvalue weighted by Crippen LogP contribution is -2.22. The van der Waals surface area contributed by atoms with Crippen molar-refractivity contribution in [1.82, 2.24) is 0 Å². The zero-order valence-corrected chi connectivity index (χ0v) is 13.2. The number of fused-ring (bicyclic) bond motifs is 2. The lowest BCUT2D eigenvalue weighted by Gasteiger charge is -2.34. The average Bonchev–Trinajstić information content (AvgIpc) is 2.48. The molecule has 0 fully saturated rings. The molecule has 2 aromatic rings. The van der Waals surface area contributed by atoms with Gasteiger partial charge >= 0.3 is 0 Å². The molecular weight excluding hydrogens is 326 g/mol. The third-order valence-electron chi connectivity index (χ3n) is 4.59. The molecule has 21 heavy (non-hydrogen) atoms. The molecule has 1 heterocycles. The van der Waals surface area contributed by atoms with Gasteiger partial charge in [0.15, 0.2) is 0 Å². The SMILES string of the molecule is O=C1CCc2cc(C(Br)C3Cc4ccccc43)ccc2N1. The molecule has 2 aliphatic rings. The number of benzene rings is 2. The number of hydrogen-bond acceptors (Lipinski definition) is 1. The topological polar surface area (TPSA) is 29.1 Å². The Morgan fingerprint density at radius 1 is 1.10 bits per heavy atom. The first-order valence-electron chi connectivity index (χ1n) is 7.37. The van der Waals surface area contributed by atoms with E-state index in [9.17, 15) is 4.79 Å². The van der Waals surface area contributed by atoms with Crippen LogP contribution in [0.4, 0.5) is 5.69 Å². The van der Waals surface area contributed by atoms with Gasteiger partial charge in [0.25, 0.3) is 0 Å². The summed E-state index contributed by atoms with van der Waals surface area (Å²) in [7, 11) is 0. The fourth-order valence-electron chi connectivity index (χ4n) is 3.37. The van der Waals surface area contributed by atoms with Crippen LogP contribution in [0.1, 0.15) is 39.4 Å². The number of hydrogen-bond donors (Lipinski definition) is 1. The summed E-state index contributed by atoms with van der Waals surface area (Å²) in [6.07, 6.45) is 2.57. The van der Waals surface area contributed by atoms with E-state index in [0.717, 1.165) is 18.5 Å². The van der Waals surface area contributed by atoms with Crippen LogP contribution in [0.2, 0.25) is 0 Å². The first kappa shape index (κ1) is 13.1. The number of rotatable bonds is 2. The second-order valence-corrected chi connectivity index (χ2v) is 6.86. The lowest BCUT2D eigenvalue weighted by atomic mass is 9.74. The Morgan fingerprint density at radius 2 is 1.95 bits per heavy atom. The molecule has 0 bridgehead atoms. The van der Waals surface area contributed by atoms with Gasteiger partial charge in [-0.15, -0.1) is 0 Å². The number of aryl methyl sites for hydroxylation is 1. The largest absolute Gasteiger partial charge is 0.326 e. The van der Waals surface area contributed by atoms with Crippen LogP contribution in [0.15, 0.2) is 42.5 Å². The zero-order valence-electron chi connectivity index (χ0n) is 11.6. The molecule has 3 heteroatoms. The normalized spacial score (nSPS) is 20.8. The molecule has 106 valence electrons. The van der Waals surface area contributed by atoms with Gasteiger partial charge in [-0.1, -0.05) is 52.3 Å². The first-order chi connectivity index (χ1) is 10.2. The van der Waals surface area contributed by atoms with Gasteiger partial charge in [-0.2, -0.15) is 0 Å². The summed E-state index contributed by atoms with van der Waals surface area (Å²) < 4.78 is 0. The lowest BCUT2D eigenvalue weighted by molar-refractivity contribution is -0.116. The summed E-state index contributed by atoms with van der Waals surface area (Å²) in [6, 6.07) is 15.1. The molecule has 2 unspecified atom stereocenters. The Morgan fingerprint density at radius 3 is 2.81 bits per heavy atom. The summed E-state index contributed by atoms with van der Waals surface area (Å²) in [4.78, 5) is 11.8. The van der Waals surface area contributed by atoms with Gasteiger partial charge in [-0.25, -0.2) is 0 Å². The quantitative estimate of drug-likeness (QED) is 0.808. The molecule has 2 nitrogen and oxygen atoms in total. The van der Waals surface area contributed by atoms with Crippen LogP contribution in [0.25, 0.3) is 0 Å². The standard InChI is InChI=1S/C18H16BrNO/c19-18(15-10-11-3-1-2-4-14(11)15)13-5-7-16-12(9-13)6-8-17(21)20-16/h1-5,7,9,15,18H,6,8,10H2,(H,20,21). The molecule has 4 rings (SSSR count). The van der Waals surface area contributed by atoms with Gasteiger partial charge in [0, 0.05) is 22.9 Å². The molecule has 2 atom stereocenters. The van der Waals surface area contributed by atoms with Crippen molar-refractivity contribution in [2.45, 2.75) is 30.0 Å². The Labute approximate surface area is 132 Å². The summed E-state index contributed by atoms with van der Waals surface area (Å²) in [5.74, 6) is 0.677. The molecule has 0 aromatic heterocycles. The monoisotopic (exact) mass is 341 g/mol. The van der Waals surface area contributed by atoms with Crippen molar-refractivity contribution in [3.8, 4) is 0 Å². The van der Waals surface area contributed by atoms with Gasteiger partial charge in [0.1, 0.15) is 0 Å². The van der Waals surface area contributed by atoms with E-state index in [-0.39, 0.29) is 5.91 Å². The molecule has 0 radical (unpaired) electrons. The fourth-order valence-corrected chi connectivity index (χ4v) is 4.12. The number of alkyl halides is 1. The fraction of sp³-hybridized carbons (Fsp3) is 0.278. The summed E-state index contributed by atoms with van der Waals surface area (Å²) >= 11 is 3.89. The molecule has 1 N–H and O–H groups in total. The van der Waals surface area contributed by atoms with Crippen molar-refractivity contribution < 1.29 is 4.79 Å². The van der Waals surface area contributed by atoms with E-state index in [4.69, 9.17) is 0 Å². The highest BCUT2D eigenvalue weighted by atomic mass is 79.9. The Hall–Kier alpha value is -1.61. The second kappa shape index (κ2) is 4.99. The van der Waals surface area contributed by atoms with Crippen molar-refractivity contribution in [2.24, 2.45) is 0 Å². The molecular formula is C18H16BrNO. The molecule has 0 spiro atoms. The molecule has 1 amide bonds. The second-order valence-electron chi connectivity index (χ2n) is 5.88. The smallest absolute Gasteiger partial charge is 0.224 e. The van der Waals surface area contributed by atoms with Crippen LogP contribution < -0.4 is 5.32 Å². The van der Waals surface area contributed by atoms with E-state index in [1.165, 1.54) is 22.3 Å². The maximum atomic E-state index is 11.4. The molecule has 2 aromatic carbocycles. The minimum Gasteiger partial charge on any atom is -0.326 e. The van der Waals surface area contributed by atoms with E-state index in [0.29, 0.717) is 17.2 Å². The zero-order chi connectivity index (χ0) is 14.4. The van der Waals surface area contributed by atoms with Crippen LogP contribution in [0.3, 0.4) is 0 Å². The highest BCUT2D eigenvalue weighted by Gasteiger charge is 2.32. The number of carbonyl (C=O) groups is 1. The van der Waals surface area contributed by atoms with E-state index in [1.54, 1.807) is 0 Å². The Bertz CT molecular complexity index is 725. The molecule has 0 saturated carbocycles. The third-order valence-corrected chi connectivity index (χ3v) is 5.76. The maximum Gasteiger partial charge on any atom is 0.224 e. The molecule has 1 aliphatic heterocycles. The van der Waals surface area contributed by atoms with Crippen molar-refractivity contribution in [3.63, 3.8) is 0 Å².